The first kappa shape index (κ1) is 17.6. The standard InChI is InChI=1S/C21H22N4O/c1-15(2)16-9-11-17(12-10-16)22-21(26)19-13-14-20(24-23-19)25(3)18-7-5-4-6-8-18/h4-15H,1-3H3,(H,22,26). The highest BCUT2D eigenvalue weighted by molar-refractivity contribution is 6.02. The second-order valence-corrected chi connectivity index (χ2v) is 6.40. The number of para-hydroxylation sites is 1. The molecule has 132 valence electrons. The van der Waals surface area contributed by atoms with E-state index in [1.54, 1.807) is 12.1 Å². The van der Waals surface area contributed by atoms with Crippen LogP contribution in [0, 0.1) is 0 Å². The van der Waals surface area contributed by atoms with E-state index < -0.39 is 0 Å². The molecule has 0 aliphatic rings. The van der Waals surface area contributed by atoms with Crippen molar-refractivity contribution in [2.24, 2.45) is 0 Å². The number of amides is 1. The van der Waals surface area contributed by atoms with Crippen molar-refractivity contribution in [3.63, 3.8) is 0 Å². The van der Waals surface area contributed by atoms with Gasteiger partial charge >= 0.3 is 0 Å². The first-order valence-electron chi connectivity index (χ1n) is 8.58. The summed E-state index contributed by atoms with van der Waals surface area (Å²) in [4.78, 5) is 14.3. The Morgan fingerprint density at radius 2 is 1.62 bits per heavy atom. The fourth-order valence-corrected chi connectivity index (χ4v) is 2.56. The van der Waals surface area contributed by atoms with Crippen molar-refractivity contribution in [1.29, 1.82) is 0 Å². The van der Waals surface area contributed by atoms with Gasteiger partial charge in [0.2, 0.25) is 0 Å². The van der Waals surface area contributed by atoms with Crippen molar-refractivity contribution in [2.45, 2.75) is 19.8 Å². The summed E-state index contributed by atoms with van der Waals surface area (Å²) in [5.41, 5.74) is 3.26. The topological polar surface area (TPSA) is 58.1 Å². The lowest BCUT2D eigenvalue weighted by Crippen LogP contribution is -2.16. The predicted octanol–water partition coefficient (Wildman–Crippen LogP) is 4.62. The number of nitrogens with zero attached hydrogens (tertiary/aromatic N) is 3. The lowest BCUT2D eigenvalue weighted by molar-refractivity contribution is 0.102. The van der Waals surface area contributed by atoms with Crippen LogP contribution >= 0.6 is 0 Å². The molecule has 5 heteroatoms. The molecule has 0 bridgehead atoms. The van der Waals surface area contributed by atoms with Gasteiger partial charge in [-0.1, -0.05) is 44.2 Å². The van der Waals surface area contributed by atoms with Crippen LogP contribution in [0.4, 0.5) is 17.2 Å². The largest absolute Gasteiger partial charge is 0.328 e. The first-order chi connectivity index (χ1) is 12.5. The number of rotatable bonds is 5. The van der Waals surface area contributed by atoms with Crippen LogP contribution in [0.5, 0.6) is 0 Å². The van der Waals surface area contributed by atoms with Gasteiger partial charge in [-0.05, 0) is 47.9 Å². The summed E-state index contributed by atoms with van der Waals surface area (Å²) in [7, 11) is 1.91. The van der Waals surface area contributed by atoms with Crippen molar-refractivity contribution in [1.82, 2.24) is 10.2 Å². The van der Waals surface area contributed by atoms with Crippen LogP contribution in [0.1, 0.15) is 35.8 Å². The summed E-state index contributed by atoms with van der Waals surface area (Å²) in [6.45, 7) is 4.27. The monoisotopic (exact) mass is 346 g/mol. The van der Waals surface area contributed by atoms with E-state index in [1.807, 2.05) is 66.5 Å². The zero-order valence-electron chi connectivity index (χ0n) is 15.2. The fraction of sp³-hybridized carbons (Fsp3) is 0.190. The Kier molecular flexibility index (Phi) is 5.27. The maximum absolute atomic E-state index is 12.4. The normalized spacial score (nSPS) is 10.6. The minimum absolute atomic E-state index is 0.274. The average molecular weight is 346 g/mol. The molecule has 0 aliphatic carbocycles. The third-order valence-electron chi connectivity index (χ3n) is 4.21. The van der Waals surface area contributed by atoms with Crippen LogP contribution in [0.2, 0.25) is 0 Å². The van der Waals surface area contributed by atoms with E-state index in [0.29, 0.717) is 11.7 Å². The molecule has 1 amide bonds. The molecule has 1 heterocycles. The van der Waals surface area contributed by atoms with Crippen LogP contribution in [-0.2, 0) is 0 Å². The molecule has 0 radical (unpaired) electrons. The van der Waals surface area contributed by atoms with Gasteiger partial charge < -0.3 is 10.2 Å². The highest BCUT2D eigenvalue weighted by Crippen LogP contribution is 2.21. The molecule has 26 heavy (non-hydrogen) atoms. The van der Waals surface area contributed by atoms with Gasteiger partial charge in [0.1, 0.15) is 0 Å². The van der Waals surface area contributed by atoms with E-state index in [9.17, 15) is 4.79 Å². The number of hydrogen-bond donors (Lipinski definition) is 1. The lowest BCUT2D eigenvalue weighted by Gasteiger charge is -2.17. The van der Waals surface area contributed by atoms with Gasteiger partial charge in [-0.2, -0.15) is 0 Å². The van der Waals surface area contributed by atoms with Crippen molar-refractivity contribution in [2.75, 3.05) is 17.3 Å². The van der Waals surface area contributed by atoms with Gasteiger partial charge in [0.25, 0.3) is 5.91 Å². The fourth-order valence-electron chi connectivity index (χ4n) is 2.56. The van der Waals surface area contributed by atoms with E-state index in [0.717, 1.165) is 11.4 Å². The number of carbonyl (C=O) groups excluding carboxylic acids is 1. The number of hydrogen-bond acceptors (Lipinski definition) is 4. The quantitative estimate of drug-likeness (QED) is 0.732. The molecule has 0 spiro atoms. The first-order valence-corrected chi connectivity index (χ1v) is 8.58. The Hall–Kier alpha value is -3.21. The van der Waals surface area contributed by atoms with Gasteiger partial charge in [0.15, 0.2) is 11.5 Å². The Labute approximate surface area is 153 Å². The third kappa shape index (κ3) is 4.06. The Morgan fingerprint density at radius 1 is 0.923 bits per heavy atom. The summed E-state index contributed by atoms with van der Waals surface area (Å²) in [6.07, 6.45) is 0. The van der Waals surface area contributed by atoms with Gasteiger partial charge in [0.05, 0.1) is 0 Å². The lowest BCUT2D eigenvalue weighted by atomic mass is 10.0. The zero-order valence-corrected chi connectivity index (χ0v) is 15.2. The molecule has 3 aromatic rings. The van der Waals surface area contributed by atoms with Crippen molar-refractivity contribution in [3.8, 4) is 0 Å². The number of benzene rings is 2. The van der Waals surface area contributed by atoms with E-state index in [4.69, 9.17) is 0 Å². The second kappa shape index (κ2) is 7.78. The van der Waals surface area contributed by atoms with Crippen LogP contribution in [0.3, 0.4) is 0 Å². The van der Waals surface area contributed by atoms with Crippen molar-refractivity contribution < 1.29 is 4.79 Å². The summed E-state index contributed by atoms with van der Waals surface area (Å²) >= 11 is 0. The van der Waals surface area contributed by atoms with E-state index >= 15 is 0 Å². The Morgan fingerprint density at radius 3 is 2.19 bits per heavy atom. The predicted molar refractivity (Wildman–Crippen MR) is 105 cm³/mol. The molecule has 0 unspecified atom stereocenters. The van der Waals surface area contributed by atoms with Gasteiger partial charge in [-0.15, -0.1) is 10.2 Å². The maximum Gasteiger partial charge on any atom is 0.276 e. The Bertz CT molecular complexity index is 859. The van der Waals surface area contributed by atoms with E-state index in [-0.39, 0.29) is 11.6 Å². The van der Waals surface area contributed by atoms with Crippen molar-refractivity contribution in [3.05, 3.63) is 78.0 Å². The molecule has 1 N–H and O–H groups in total. The van der Waals surface area contributed by atoms with Crippen molar-refractivity contribution >= 4 is 23.1 Å². The minimum Gasteiger partial charge on any atom is -0.328 e. The van der Waals surface area contributed by atoms with Gasteiger partial charge in [0, 0.05) is 18.4 Å². The summed E-state index contributed by atoms with van der Waals surface area (Å²) in [5, 5.41) is 11.1. The Balaban J connectivity index is 1.69. The zero-order chi connectivity index (χ0) is 18.5. The summed E-state index contributed by atoms with van der Waals surface area (Å²) in [5.74, 6) is 0.859. The van der Waals surface area contributed by atoms with E-state index in [1.165, 1.54) is 5.56 Å². The molecular weight excluding hydrogens is 324 g/mol. The van der Waals surface area contributed by atoms with Crippen LogP contribution < -0.4 is 10.2 Å². The molecule has 0 aliphatic heterocycles. The highest BCUT2D eigenvalue weighted by atomic mass is 16.1. The van der Waals surface area contributed by atoms with Gasteiger partial charge in [-0.3, -0.25) is 4.79 Å². The van der Waals surface area contributed by atoms with Crippen LogP contribution in [0.15, 0.2) is 66.7 Å². The van der Waals surface area contributed by atoms with Crippen LogP contribution in [0.25, 0.3) is 0 Å². The second-order valence-electron chi connectivity index (χ2n) is 6.40. The van der Waals surface area contributed by atoms with E-state index in [2.05, 4.69) is 29.4 Å². The highest BCUT2D eigenvalue weighted by Gasteiger charge is 2.11. The molecule has 3 rings (SSSR count). The summed E-state index contributed by atoms with van der Waals surface area (Å²) in [6, 6.07) is 21.2. The number of aromatic nitrogens is 2. The third-order valence-corrected chi connectivity index (χ3v) is 4.21. The maximum atomic E-state index is 12.4. The van der Waals surface area contributed by atoms with Gasteiger partial charge in [-0.25, -0.2) is 0 Å². The number of carbonyl (C=O) groups is 1. The smallest absolute Gasteiger partial charge is 0.276 e. The molecular formula is C21H22N4O. The molecule has 0 atom stereocenters. The molecule has 5 nitrogen and oxygen atoms in total. The SMILES string of the molecule is CC(C)c1ccc(NC(=O)c2ccc(N(C)c3ccccc3)nn2)cc1. The summed E-state index contributed by atoms with van der Waals surface area (Å²) < 4.78 is 0. The minimum atomic E-state index is -0.274. The van der Waals surface area contributed by atoms with Crippen LogP contribution in [-0.4, -0.2) is 23.2 Å². The molecule has 2 aromatic carbocycles. The average Bonchev–Trinajstić information content (AvgIpc) is 2.68. The number of nitrogens with one attached hydrogen (secondary N) is 1. The molecule has 0 fully saturated rings. The number of anilines is 3. The molecule has 1 aromatic heterocycles. The molecule has 0 saturated carbocycles. The molecule has 0 saturated heterocycles.